The lowest BCUT2D eigenvalue weighted by Crippen LogP contribution is -2.45. The number of ether oxygens (including phenoxy) is 1. The molecule has 0 aliphatic carbocycles. The van der Waals surface area contributed by atoms with Crippen LogP contribution in [0.3, 0.4) is 0 Å². The highest BCUT2D eigenvalue weighted by Gasteiger charge is 2.26. The van der Waals surface area contributed by atoms with Gasteiger partial charge in [0.15, 0.2) is 0 Å². The monoisotopic (exact) mass is 328 g/mol. The average molecular weight is 328 g/mol. The Hall–Kier alpha value is -1.91. The topological polar surface area (TPSA) is 38.5 Å². The van der Waals surface area contributed by atoms with Gasteiger partial charge in [-0.2, -0.15) is 0 Å². The Kier molecular flexibility index (Phi) is 5.48. The van der Waals surface area contributed by atoms with Crippen LogP contribution in [0.1, 0.15) is 30.4 Å². The van der Waals surface area contributed by atoms with E-state index < -0.39 is 0 Å². The SMILES string of the molecule is CCOc1ccc(C2CC(N)CN(Cc3ccc(F)cc3)C2)cc1. The first kappa shape index (κ1) is 16.9. The summed E-state index contributed by atoms with van der Waals surface area (Å²) in [4.78, 5) is 2.36. The van der Waals surface area contributed by atoms with E-state index >= 15 is 0 Å². The Balaban J connectivity index is 1.67. The van der Waals surface area contributed by atoms with Crippen LogP contribution in [0.5, 0.6) is 5.75 Å². The van der Waals surface area contributed by atoms with Crippen LogP contribution in [0.25, 0.3) is 0 Å². The van der Waals surface area contributed by atoms with Gasteiger partial charge in [0.25, 0.3) is 0 Å². The maximum atomic E-state index is 13.1. The zero-order chi connectivity index (χ0) is 16.9. The second kappa shape index (κ2) is 7.77. The van der Waals surface area contributed by atoms with Gasteiger partial charge < -0.3 is 10.5 Å². The van der Waals surface area contributed by atoms with Crippen molar-refractivity contribution in [3.05, 3.63) is 65.5 Å². The summed E-state index contributed by atoms with van der Waals surface area (Å²) in [6.45, 7) is 5.33. The van der Waals surface area contributed by atoms with E-state index in [0.717, 1.165) is 37.4 Å². The summed E-state index contributed by atoms with van der Waals surface area (Å²) in [7, 11) is 0. The lowest BCUT2D eigenvalue weighted by molar-refractivity contribution is 0.181. The number of nitrogens with two attached hydrogens (primary N) is 1. The summed E-state index contributed by atoms with van der Waals surface area (Å²) >= 11 is 0. The van der Waals surface area contributed by atoms with Crippen molar-refractivity contribution in [2.45, 2.75) is 31.8 Å². The predicted octanol–water partition coefficient (Wildman–Crippen LogP) is 3.54. The predicted molar refractivity (Wildman–Crippen MR) is 94.6 cm³/mol. The van der Waals surface area contributed by atoms with Crippen molar-refractivity contribution in [2.75, 3.05) is 19.7 Å². The number of halogens is 1. The Labute approximate surface area is 143 Å². The first-order chi connectivity index (χ1) is 11.6. The molecule has 128 valence electrons. The number of nitrogens with zero attached hydrogens (tertiary/aromatic N) is 1. The van der Waals surface area contributed by atoms with Crippen LogP contribution in [0, 0.1) is 5.82 Å². The molecule has 24 heavy (non-hydrogen) atoms. The van der Waals surface area contributed by atoms with Gasteiger partial charge in [-0.15, -0.1) is 0 Å². The molecule has 2 aromatic rings. The van der Waals surface area contributed by atoms with Gasteiger partial charge in [-0.05, 0) is 54.7 Å². The maximum absolute atomic E-state index is 13.1. The third kappa shape index (κ3) is 4.34. The number of benzene rings is 2. The Morgan fingerprint density at radius 2 is 1.79 bits per heavy atom. The van der Waals surface area contributed by atoms with Gasteiger partial charge in [0.2, 0.25) is 0 Å². The van der Waals surface area contributed by atoms with E-state index in [1.54, 1.807) is 0 Å². The van der Waals surface area contributed by atoms with Gasteiger partial charge in [-0.25, -0.2) is 4.39 Å². The largest absolute Gasteiger partial charge is 0.494 e. The van der Waals surface area contributed by atoms with Crippen LogP contribution in [0.4, 0.5) is 4.39 Å². The van der Waals surface area contributed by atoms with E-state index in [-0.39, 0.29) is 11.9 Å². The minimum absolute atomic E-state index is 0.163. The van der Waals surface area contributed by atoms with Crippen LogP contribution in [0.15, 0.2) is 48.5 Å². The molecule has 1 fully saturated rings. The molecule has 2 aromatic carbocycles. The summed E-state index contributed by atoms with van der Waals surface area (Å²) in [6.07, 6.45) is 0.994. The summed E-state index contributed by atoms with van der Waals surface area (Å²) < 4.78 is 18.6. The zero-order valence-electron chi connectivity index (χ0n) is 14.1. The quantitative estimate of drug-likeness (QED) is 0.912. The van der Waals surface area contributed by atoms with Crippen molar-refractivity contribution in [3.8, 4) is 5.75 Å². The van der Waals surface area contributed by atoms with Crippen LogP contribution < -0.4 is 10.5 Å². The Bertz CT molecular complexity index is 642. The molecule has 0 amide bonds. The molecule has 1 saturated heterocycles. The summed E-state index contributed by atoms with van der Waals surface area (Å²) in [6, 6.07) is 15.2. The van der Waals surface area contributed by atoms with Crippen molar-refractivity contribution >= 4 is 0 Å². The lowest BCUT2D eigenvalue weighted by atomic mass is 9.88. The molecule has 2 unspecified atom stereocenters. The van der Waals surface area contributed by atoms with E-state index in [2.05, 4.69) is 17.0 Å². The second-order valence-electron chi connectivity index (χ2n) is 6.52. The van der Waals surface area contributed by atoms with Gasteiger partial charge in [-0.3, -0.25) is 4.90 Å². The Morgan fingerprint density at radius 1 is 1.08 bits per heavy atom. The number of hydrogen-bond donors (Lipinski definition) is 1. The molecular formula is C20H25FN2O. The molecule has 1 aliphatic heterocycles. The highest BCUT2D eigenvalue weighted by molar-refractivity contribution is 5.30. The van der Waals surface area contributed by atoms with Crippen molar-refractivity contribution in [3.63, 3.8) is 0 Å². The highest BCUT2D eigenvalue weighted by atomic mass is 19.1. The molecule has 2 atom stereocenters. The smallest absolute Gasteiger partial charge is 0.123 e. The molecule has 0 aromatic heterocycles. The average Bonchev–Trinajstić information content (AvgIpc) is 2.57. The van der Waals surface area contributed by atoms with E-state index in [1.165, 1.54) is 17.7 Å². The Morgan fingerprint density at radius 3 is 2.46 bits per heavy atom. The van der Waals surface area contributed by atoms with Crippen molar-refractivity contribution < 1.29 is 9.13 Å². The minimum Gasteiger partial charge on any atom is -0.494 e. The molecule has 3 rings (SSSR count). The molecule has 0 bridgehead atoms. The molecule has 3 nitrogen and oxygen atoms in total. The molecule has 0 saturated carbocycles. The number of hydrogen-bond acceptors (Lipinski definition) is 3. The fourth-order valence-electron chi connectivity index (χ4n) is 3.45. The number of rotatable bonds is 5. The minimum atomic E-state index is -0.193. The van der Waals surface area contributed by atoms with Crippen LogP contribution >= 0.6 is 0 Å². The molecule has 2 N–H and O–H groups in total. The number of piperidine rings is 1. The zero-order valence-corrected chi connectivity index (χ0v) is 14.1. The van der Waals surface area contributed by atoms with Crippen LogP contribution in [-0.2, 0) is 6.54 Å². The molecule has 1 heterocycles. The molecule has 0 spiro atoms. The molecular weight excluding hydrogens is 303 g/mol. The molecule has 1 aliphatic rings. The van der Waals surface area contributed by atoms with E-state index in [1.807, 2.05) is 31.2 Å². The second-order valence-corrected chi connectivity index (χ2v) is 6.52. The van der Waals surface area contributed by atoms with Crippen LogP contribution in [0.2, 0.25) is 0 Å². The van der Waals surface area contributed by atoms with E-state index in [4.69, 9.17) is 10.5 Å². The molecule has 4 heteroatoms. The first-order valence-corrected chi connectivity index (χ1v) is 8.59. The van der Waals surface area contributed by atoms with Crippen molar-refractivity contribution in [2.24, 2.45) is 5.73 Å². The normalized spacial score (nSPS) is 21.6. The first-order valence-electron chi connectivity index (χ1n) is 8.59. The van der Waals surface area contributed by atoms with Gasteiger partial charge in [-0.1, -0.05) is 24.3 Å². The van der Waals surface area contributed by atoms with Crippen LogP contribution in [-0.4, -0.2) is 30.6 Å². The molecule has 0 radical (unpaired) electrons. The fourth-order valence-corrected chi connectivity index (χ4v) is 3.45. The summed E-state index contributed by atoms with van der Waals surface area (Å²) in [5, 5.41) is 0. The maximum Gasteiger partial charge on any atom is 0.123 e. The third-order valence-corrected chi connectivity index (χ3v) is 4.54. The van der Waals surface area contributed by atoms with Gasteiger partial charge in [0.05, 0.1) is 6.61 Å². The van der Waals surface area contributed by atoms with E-state index in [9.17, 15) is 4.39 Å². The lowest BCUT2D eigenvalue weighted by Gasteiger charge is -2.36. The van der Waals surface area contributed by atoms with Gasteiger partial charge in [0, 0.05) is 25.7 Å². The summed E-state index contributed by atoms with van der Waals surface area (Å²) in [5.74, 6) is 1.13. The fraction of sp³-hybridized carbons (Fsp3) is 0.400. The summed E-state index contributed by atoms with van der Waals surface area (Å²) in [5.41, 5.74) is 8.71. The van der Waals surface area contributed by atoms with Gasteiger partial charge >= 0.3 is 0 Å². The number of likely N-dealkylation sites (tertiary alicyclic amines) is 1. The van der Waals surface area contributed by atoms with E-state index in [0.29, 0.717) is 12.5 Å². The highest BCUT2D eigenvalue weighted by Crippen LogP contribution is 2.28. The third-order valence-electron chi connectivity index (χ3n) is 4.54. The van der Waals surface area contributed by atoms with Crippen molar-refractivity contribution in [1.29, 1.82) is 0 Å². The van der Waals surface area contributed by atoms with Crippen molar-refractivity contribution in [1.82, 2.24) is 4.90 Å². The van der Waals surface area contributed by atoms with Gasteiger partial charge in [0.1, 0.15) is 11.6 Å². The standard InChI is InChI=1S/C20H25FN2O/c1-2-24-20-9-5-16(6-10-20)17-11-19(22)14-23(13-17)12-15-3-7-18(21)8-4-15/h3-10,17,19H,2,11-14,22H2,1H3.